The van der Waals surface area contributed by atoms with Gasteiger partial charge in [-0.3, -0.25) is 4.79 Å². The molecule has 2 atom stereocenters. The number of rotatable bonds is 3. The van der Waals surface area contributed by atoms with Crippen LogP contribution in [-0.2, 0) is 21.1 Å². The Balaban J connectivity index is 1.66. The van der Waals surface area contributed by atoms with Gasteiger partial charge in [0.1, 0.15) is 0 Å². The van der Waals surface area contributed by atoms with Crippen molar-refractivity contribution in [3.05, 3.63) is 63.6 Å². The number of anilines is 1. The summed E-state index contributed by atoms with van der Waals surface area (Å²) in [5.74, 6) is -0.141. The zero-order valence-corrected chi connectivity index (χ0v) is 18.6. The third kappa shape index (κ3) is 4.15. The van der Waals surface area contributed by atoms with Crippen molar-refractivity contribution in [3.8, 4) is 0 Å². The van der Waals surface area contributed by atoms with Gasteiger partial charge in [0, 0.05) is 20.4 Å². The van der Waals surface area contributed by atoms with Gasteiger partial charge in [-0.05, 0) is 29.8 Å². The van der Waals surface area contributed by atoms with E-state index >= 15 is 0 Å². The lowest BCUT2D eigenvalue weighted by atomic mass is 10.1. The molecule has 2 aliphatic rings. The van der Waals surface area contributed by atoms with Crippen LogP contribution in [0.5, 0.6) is 0 Å². The molecule has 146 valence electrons. The largest absolute Gasteiger partial charge is 0.316 e. The van der Waals surface area contributed by atoms with Crippen molar-refractivity contribution >= 4 is 65.9 Å². The first-order valence-electron chi connectivity index (χ1n) is 8.59. The van der Waals surface area contributed by atoms with E-state index in [1.165, 1.54) is 11.8 Å². The lowest BCUT2D eigenvalue weighted by molar-refractivity contribution is -0.117. The number of carbonyl (C=O) groups is 1. The highest BCUT2D eigenvalue weighted by Crippen LogP contribution is 2.41. The van der Waals surface area contributed by atoms with Crippen molar-refractivity contribution in [2.24, 2.45) is 4.99 Å². The highest BCUT2D eigenvalue weighted by Gasteiger charge is 2.49. The number of aliphatic imine (C=N–C) groups is 1. The Hall–Kier alpha value is -1.35. The summed E-state index contributed by atoms with van der Waals surface area (Å²) < 4.78 is 25.1. The van der Waals surface area contributed by atoms with Crippen molar-refractivity contribution in [1.29, 1.82) is 0 Å². The maximum atomic E-state index is 12.6. The van der Waals surface area contributed by atoms with Gasteiger partial charge in [0.2, 0.25) is 0 Å². The Morgan fingerprint density at radius 1 is 1.21 bits per heavy atom. The highest BCUT2D eigenvalue weighted by molar-refractivity contribution is 9.10. The number of carbonyl (C=O) groups excluding carboxylic acids is 1. The number of amides is 1. The van der Waals surface area contributed by atoms with E-state index in [0.717, 1.165) is 15.7 Å². The molecule has 0 N–H and O–H groups in total. The summed E-state index contributed by atoms with van der Waals surface area (Å²) in [6.07, 6.45) is 0.101. The van der Waals surface area contributed by atoms with E-state index in [0.29, 0.717) is 10.2 Å². The van der Waals surface area contributed by atoms with Crippen molar-refractivity contribution in [3.63, 3.8) is 0 Å². The minimum absolute atomic E-state index is 0.0644. The van der Waals surface area contributed by atoms with E-state index in [-0.39, 0.29) is 35.1 Å². The normalized spacial score (nSPS) is 24.5. The van der Waals surface area contributed by atoms with Crippen LogP contribution in [-0.4, -0.2) is 42.3 Å². The molecule has 1 amide bonds. The van der Waals surface area contributed by atoms with Gasteiger partial charge in [-0.2, -0.15) is 4.99 Å². The van der Waals surface area contributed by atoms with Crippen LogP contribution in [0, 0.1) is 0 Å². The zero-order chi connectivity index (χ0) is 19.9. The fourth-order valence-corrected chi connectivity index (χ4v) is 7.96. The van der Waals surface area contributed by atoms with E-state index in [4.69, 9.17) is 11.6 Å². The van der Waals surface area contributed by atoms with E-state index < -0.39 is 9.84 Å². The molecule has 0 radical (unpaired) electrons. The highest BCUT2D eigenvalue weighted by atomic mass is 79.9. The standard InChI is InChI=1S/C19H16BrClN2O3S2/c20-13-5-3-6-14(9-13)23-16-10-28(25,26)11-17(16)27-19(23)22-18(24)8-12-4-1-2-7-15(12)21/h1-7,9,16-17H,8,10-11H2/t16-,17+/m0/s1. The van der Waals surface area contributed by atoms with Crippen LogP contribution >= 0.6 is 39.3 Å². The van der Waals surface area contributed by atoms with Gasteiger partial charge in [0.25, 0.3) is 5.91 Å². The topological polar surface area (TPSA) is 66.8 Å². The van der Waals surface area contributed by atoms with Gasteiger partial charge in [0.15, 0.2) is 15.0 Å². The number of sulfone groups is 1. The number of thioether (sulfide) groups is 1. The van der Waals surface area contributed by atoms with Crippen LogP contribution in [0.15, 0.2) is 58.0 Å². The number of fused-ring (bicyclic) bond motifs is 1. The SMILES string of the molecule is O=C(Cc1ccccc1Cl)N=C1S[C@@H]2CS(=O)(=O)C[C@@H]2N1c1cccc(Br)c1. The third-order valence-electron chi connectivity index (χ3n) is 4.67. The average molecular weight is 500 g/mol. The molecular weight excluding hydrogens is 484 g/mol. The fourth-order valence-electron chi connectivity index (χ4n) is 3.44. The number of hydrogen-bond acceptors (Lipinski definition) is 4. The van der Waals surface area contributed by atoms with Crippen LogP contribution in [0.2, 0.25) is 5.02 Å². The van der Waals surface area contributed by atoms with E-state index in [2.05, 4.69) is 20.9 Å². The molecule has 0 aromatic heterocycles. The molecule has 4 rings (SSSR count). The summed E-state index contributed by atoms with van der Waals surface area (Å²) in [6.45, 7) is 0. The number of halogens is 2. The van der Waals surface area contributed by atoms with Gasteiger partial charge < -0.3 is 4.90 Å². The lowest BCUT2D eigenvalue weighted by Crippen LogP contribution is -2.37. The van der Waals surface area contributed by atoms with Crippen molar-refractivity contribution in [2.45, 2.75) is 17.7 Å². The molecule has 5 nitrogen and oxygen atoms in total. The molecule has 0 unspecified atom stereocenters. The van der Waals surface area contributed by atoms with Gasteiger partial charge in [-0.25, -0.2) is 8.42 Å². The molecule has 0 saturated carbocycles. The molecule has 28 heavy (non-hydrogen) atoms. The average Bonchev–Trinajstić information content (AvgIpc) is 3.07. The smallest absolute Gasteiger partial charge is 0.252 e. The Labute approximate surface area is 181 Å². The van der Waals surface area contributed by atoms with E-state index in [1.807, 2.05) is 41.3 Å². The summed E-state index contributed by atoms with van der Waals surface area (Å²) in [7, 11) is -3.09. The Kier molecular flexibility index (Phi) is 5.57. The van der Waals surface area contributed by atoms with Crippen LogP contribution in [0.1, 0.15) is 5.56 Å². The second-order valence-corrected chi connectivity index (χ2v) is 11.4. The molecular formula is C19H16BrClN2O3S2. The quantitative estimate of drug-likeness (QED) is 0.640. The second kappa shape index (κ2) is 7.82. The Bertz CT molecular complexity index is 1070. The summed E-state index contributed by atoms with van der Waals surface area (Å²) in [5.41, 5.74) is 1.54. The minimum Gasteiger partial charge on any atom is -0.316 e. The predicted molar refractivity (Wildman–Crippen MR) is 118 cm³/mol. The van der Waals surface area contributed by atoms with Crippen LogP contribution in [0.3, 0.4) is 0 Å². The van der Waals surface area contributed by atoms with Crippen molar-refractivity contribution < 1.29 is 13.2 Å². The summed E-state index contributed by atoms with van der Waals surface area (Å²) in [6, 6.07) is 14.5. The maximum Gasteiger partial charge on any atom is 0.252 e. The first-order chi connectivity index (χ1) is 13.3. The Morgan fingerprint density at radius 3 is 2.75 bits per heavy atom. The first-order valence-corrected chi connectivity index (χ1v) is 12.5. The molecule has 2 aliphatic heterocycles. The molecule has 2 fully saturated rings. The predicted octanol–water partition coefficient (Wildman–Crippen LogP) is 3.95. The zero-order valence-electron chi connectivity index (χ0n) is 14.6. The van der Waals surface area contributed by atoms with Gasteiger partial charge in [-0.1, -0.05) is 63.6 Å². The molecule has 0 spiro atoms. The number of amidine groups is 1. The number of hydrogen-bond donors (Lipinski definition) is 0. The molecule has 0 aliphatic carbocycles. The molecule has 2 aromatic rings. The molecule has 0 bridgehead atoms. The summed E-state index contributed by atoms with van der Waals surface area (Å²) in [4.78, 5) is 18.8. The molecule has 2 saturated heterocycles. The fraction of sp³-hybridized carbons (Fsp3) is 0.263. The van der Waals surface area contributed by atoms with Crippen LogP contribution in [0.25, 0.3) is 0 Å². The summed E-state index contributed by atoms with van der Waals surface area (Å²) in [5, 5.41) is 0.942. The van der Waals surface area contributed by atoms with Gasteiger partial charge >= 0.3 is 0 Å². The molecule has 2 heterocycles. The molecule has 2 aromatic carbocycles. The summed E-state index contributed by atoms with van der Waals surface area (Å²) >= 11 is 11.0. The van der Waals surface area contributed by atoms with Gasteiger partial charge in [0.05, 0.1) is 24.0 Å². The number of benzene rings is 2. The molecule has 9 heteroatoms. The van der Waals surface area contributed by atoms with Gasteiger partial charge in [-0.15, -0.1) is 0 Å². The Morgan fingerprint density at radius 2 is 2.00 bits per heavy atom. The van der Waals surface area contributed by atoms with E-state index in [1.54, 1.807) is 12.1 Å². The van der Waals surface area contributed by atoms with Crippen molar-refractivity contribution in [1.82, 2.24) is 0 Å². The second-order valence-electron chi connectivity index (χ2n) is 6.71. The van der Waals surface area contributed by atoms with E-state index in [9.17, 15) is 13.2 Å². The monoisotopic (exact) mass is 498 g/mol. The lowest BCUT2D eigenvalue weighted by Gasteiger charge is -2.24. The number of nitrogens with zero attached hydrogens (tertiary/aromatic N) is 2. The minimum atomic E-state index is -3.09. The van der Waals surface area contributed by atoms with Crippen molar-refractivity contribution in [2.75, 3.05) is 16.4 Å². The third-order valence-corrected chi connectivity index (χ3v) is 8.74. The maximum absolute atomic E-state index is 12.6. The van der Waals surface area contributed by atoms with Crippen LogP contribution < -0.4 is 4.90 Å². The van der Waals surface area contributed by atoms with Crippen LogP contribution in [0.4, 0.5) is 5.69 Å². The first kappa shape index (κ1) is 19.9.